The van der Waals surface area contributed by atoms with Gasteiger partial charge in [0.15, 0.2) is 0 Å². The van der Waals surface area contributed by atoms with Gasteiger partial charge >= 0.3 is 0 Å². The molecular weight excluding hydrogens is 210 g/mol. The number of benzene rings is 1. The fourth-order valence-corrected chi connectivity index (χ4v) is 1.95. The molecule has 2 rings (SSSR count). The minimum absolute atomic E-state index is 0.0929. The van der Waals surface area contributed by atoms with Crippen molar-refractivity contribution in [1.82, 2.24) is 9.78 Å². The summed E-state index contributed by atoms with van der Waals surface area (Å²) in [4.78, 5) is 0. The van der Waals surface area contributed by atoms with Crippen LogP contribution < -0.4 is 5.73 Å². The predicted molar refractivity (Wildman–Crippen MR) is 69.7 cm³/mol. The van der Waals surface area contributed by atoms with Crippen LogP contribution in [0.25, 0.3) is 0 Å². The highest BCUT2D eigenvalue weighted by Gasteiger charge is 2.13. The first-order valence-electron chi connectivity index (χ1n) is 6.06. The van der Waals surface area contributed by atoms with Gasteiger partial charge in [-0.15, -0.1) is 0 Å². The number of aryl methyl sites for hydroxylation is 2. The Bertz CT molecular complexity index is 470. The number of nitrogens with zero attached hydrogens (tertiary/aromatic N) is 2. The number of hydrogen-bond acceptors (Lipinski definition) is 2. The Morgan fingerprint density at radius 3 is 2.59 bits per heavy atom. The van der Waals surface area contributed by atoms with Gasteiger partial charge in [0.2, 0.25) is 0 Å². The highest BCUT2D eigenvalue weighted by molar-refractivity contribution is 5.29. The van der Waals surface area contributed by atoms with E-state index in [0.29, 0.717) is 0 Å². The van der Waals surface area contributed by atoms with Crippen LogP contribution in [0, 0.1) is 6.92 Å². The van der Waals surface area contributed by atoms with E-state index in [2.05, 4.69) is 43.2 Å². The maximum absolute atomic E-state index is 6.28. The van der Waals surface area contributed by atoms with Gasteiger partial charge < -0.3 is 5.73 Å². The highest BCUT2D eigenvalue weighted by atomic mass is 15.3. The van der Waals surface area contributed by atoms with Gasteiger partial charge in [-0.3, -0.25) is 4.68 Å². The van der Waals surface area contributed by atoms with Gasteiger partial charge in [0.05, 0.1) is 11.7 Å². The number of hydrogen-bond donors (Lipinski definition) is 1. The van der Waals surface area contributed by atoms with Crippen molar-refractivity contribution >= 4 is 0 Å². The normalized spacial score (nSPS) is 12.6. The molecule has 0 spiro atoms. The van der Waals surface area contributed by atoms with E-state index in [9.17, 15) is 0 Å². The molecule has 0 radical (unpaired) electrons. The molecule has 90 valence electrons. The van der Waals surface area contributed by atoms with E-state index in [1.165, 1.54) is 5.56 Å². The molecule has 0 amide bonds. The molecule has 17 heavy (non-hydrogen) atoms. The molecule has 3 heteroatoms. The highest BCUT2D eigenvalue weighted by Crippen LogP contribution is 2.19. The molecule has 0 aliphatic heterocycles. The lowest BCUT2D eigenvalue weighted by Gasteiger charge is -2.14. The molecule has 0 bridgehead atoms. The van der Waals surface area contributed by atoms with Gasteiger partial charge in [0.25, 0.3) is 0 Å². The molecule has 0 aliphatic rings. The van der Waals surface area contributed by atoms with Crippen molar-refractivity contribution in [2.45, 2.75) is 32.9 Å². The fourth-order valence-electron chi connectivity index (χ4n) is 1.95. The summed E-state index contributed by atoms with van der Waals surface area (Å²) in [6.07, 6.45) is 2.88. The van der Waals surface area contributed by atoms with Crippen molar-refractivity contribution < 1.29 is 0 Å². The van der Waals surface area contributed by atoms with Crippen LogP contribution in [0.2, 0.25) is 0 Å². The Morgan fingerprint density at radius 2 is 1.94 bits per heavy atom. The summed E-state index contributed by atoms with van der Waals surface area (Å²) in [5.41, 5.74) is 9.75. The Labute approximate surface area is 102 Å². The van der Waals surface area contributed by atoms with Crippen molar-refractivity contribution in [3.05, 3.63) is 53.3 Å². The van der Waals surface area contributed by atoms with Crippen molar-refractivity contribution in [1.29, 1.82) is 0 Å². The van der Waals surface area contributed by atoms with Crippen LogP contribution in [0.4, 0.5) is 0 Å². The largest absolute Gasteiger partial charge is 0.319 e. The smallest absolute Gasteiger partial charge is 0.0723 e. The molecule has 0 saturated heterocycles. The topological polar surface area (TPSA) is 43.8 Å². The Hall–Kier alpha value is -1.61. The minimum atomic E-state index is -0.0929. The van der Waals surface area contributed by atoms with Crippen molar-refractivity contribution in [3.63, 3.8) is 0 Å². The van der Waals surface area contributed by atoms with Gasteiger partial charge in [0.1, 0.15) is 0 Å². The first-order chi connectivity index (χ1) is 8.22. The third-order valence-corrected chi connectivity index (χ3v) is 2.94. The van der Waals surface area contributed by atoms with E-state index in [4.69, 9.17) is 5.73 Å². The van der Waals surface area contributed by atoms with Gasteiger partial charge in [-0.25, -0.2) is 0 Å². The average molecular weight is 229 g/mol. The van der Waals surface area contributed by atoms with E-state index >= 15 is 0 Å². The third kappa shape index (κ3) is 2.56. The third-order valence-electron chi connectivity index (χ3n) is 2.94. The van der Waals surface area contributed by atoms with Gasteiger partial charge in [-0.2, -0.15) is 5.10 Å². The number of rotatable bonds is 4. The summed E-state index contributed by atoms with van der Waals surface area (Å²) < 4.78 is 1.99. The van der Waals surface area contributed by atoms with E-state index in [0.717, 1.165) is 24.2 Å². The lowest BCUT2D eigenvalue weighted by atomic mass is 10.0. The second-order valence-electron chi connectivity index (χ2n) is 4.37. The lowest BCUT2D eigenvalue weighted by molar-refractivity contribution is 0.560. The van der Waals surface area contributed by atoms with Crippen molar-refractivity contribution in [2.75, 3.05) is 0 Å². The fraction of sp³-hybridized carbons (Fsp3) is 0.357. The van der Waals surface area contributed by atoms with Crippen LogP contribution in [0.15, 0.2) is 36.5 Å². The Balaban J connectivity index is 2.26. The van der Waals surface area contributed by atoms with Crippen LogP contribution in [-0.2, 0) is 6.54 Å². The van der Waals surface area contributed by atoms with Crippen LogP contribution in [0.3, 0.4) is 0 Å². The zero-order chi connectivity index (χ0) is 12.3. The van der Waals surface area contributed by atoms with Crippen LogP contribution in [0.1, 0.15) is 36.2 Å². The maximum atomic E-state index is 6.28. The molecule has 1 atom stereocenters. The van der Waals surface area contributed by atoms with E-state index in [1.807, 2.05) is 16.9 Å². The lowest BCUT2D eigenvalue weighted by Crippen LogP contribution is -2.17. The summed E-state index contributed by atoms with van der Waals surface area (Å²) in [7, 11) is 0. The Morgan fingerprint density at radius 1 is 1.24 bits per heavy atom. The summed E-state index contributed by atoms with van der Waals surface area (Å²) in [6, 6.07) is 10.3. The molecule has 2 aromatic rings. The Kier molecular flexibility index (Phi) is 3.59. The average Bonchev–Trinajstić information content (AvgIpc) is 2.78. The zero-order valence-corrected chi connectivity index (χ0v) is 10.4. The zero-order valence-electron chi connectivity index (χ0n) is 10.4. The van der Waals surface area contributed by atoms with Crippen molar-refractivity contribution in [2.24, 2.45) is 5.73 Å². The molecule has 1 aromatic heterocycles. The molecular formula is C14H19N3. The van der Waals surface area contributed by atoms with E-state index < -0.39 is 0 Å². The van der Waals surface area contributed by atoms with Crippen LogP contribution in [-0.4, -0.2) is 9.78 Å². The molecule has 1 unspecified atom stereocenters. The molecule has 1 aromatic carbocycles. The van der Waals surface area contributed by atoms with Crippen LogP contribution >= 0.6 is 0 Å². The molecule has 3 nitrogen and oxygen atoms in total. The van der Waals surface area contributed by atoms with Crippen LogP contribution in [0.5, 0.6) is 0 Å². The van der Waals surface area contributed by atoms with Gasteiger partial charge in [-0.05, 0) is 25.0 Å². The molecule has 2 N–H and O–H groups in total. The van der Waals surface area contributed by atoms with Crippen molar-refractivity contribution in [3.8, 4) is 0 Å². The standard InChI is InChI=1S/C14H19N3/c1-3-10-17-13(8-9-16-17)14(15)12-6-4-11(2)5-7-12/h4-9,14H,3,10,15H2,1-2H3. The SMILES string of the molecule is CCCn1nccc1C(N)c1ccc(C)cc1. The second-order valence-corrected chi connectivity index (χ2v) is 4.37. The van der Waals surface area contributed by atoms with Gasteiger partial charge in [0, 0.05) is 12.7 Å². The first kappa shape index (κ1) is 11.9. The number of nitrogens with two attached hydrogens (primary N) is 1. The van der Waals surface area contributed by atoms with E-state index in [1.54, 1.807) is 0 Å². The predicted octanol–water partition coefficient (Wildman–Crippen LogP) is 2.65. The summed E-state index contributed by atoms with van der Waals surface area (Å²) in [5.74, 6) is 0. The summed E-state index contributed by atoms with van der Waals surface area (Å²) in [5, 5.41) is 4.31. The second kappa shape index (κ2) is 5.15. The van der Waals surface area contributed by atoms with E-state index in [-0.39, 0.29) is 6.04 Å². The number of aromatic nitrogens is 2. The minimum Gasteiger partial charge on any atom is -0.319 e. The monoisotopic (exact) mass is 229 g/mol. The molecule has 1 heterocycles. The summed E-state index contributed by atoms with van der Waals surface area (Å²) >= 11 is 0. The quantitative estimate of drug-likeness (QED) is 0.876. The first-order valence-corrected chi connectivity index (χ1v) is 6.06. The molecule has 0 fully saturated rings. The maximum Gasteiger partial charge on any atom is 0.0723 e. The molecule has 0 saturated carbocycles. The molecule has 0 aliphatic carbocycles. The van der Waals surface area contributed by atoms with Gasteiger partial charge in [-0.1, -0.05) is 36.8 Å². The summed E-state index contributed by atoms with van der Waals surface area (Å²) in [6.45, 7) is 5.14.